The minimum Gasteiger partial charge on any atom is -0.389 e. The molecule has 0 aromatic heterocycles. The van der Waals surface area contributed by atoms with Gasteiger partial charge in [-0.1, -0.05) is 65.1 Å². The zero-order chi connectivity index (χ0) is 10.6. The second kappa shape index (κ2) is 5.22. The molecule has 0 saturated carbocycles. The highest BCUT2D eigenvalue weighted by atomic mass is 35.6. The van der Waals surface area contributed by atoms with E-state index in [4.69, 9.17) is 34.8 Å². The zero-order valence-electron chi connectivity index (χ0n) is 7.46. The normalized spacial score (nSPS) is 14.0. The molecule has 78 valence electrons. The van der Waals surface area contributed by atoms with Crippen molar-refractivity contribution in [1.82, 2.24) is 0 Å². The Balaban J connectivity index is 2.42. The van der Waals surface area contributed by atoms with E-state index in [1.54, 1.807) is 0 Å². The molecule has 0 aliphatic rings. The topological polar surface area (TPSA) is 20.2 Å². The number of aliphatic hydroxyl groups excluding tert-OH is 1. The third-order valence-electron chi connectivity index (χ3n) is 1.93. The van der Waals surface area contributed by atoms with Crippen molar-refractivity contribution in [2.45, 2.75) is 22.7 Å². The van der Waals surface area contributed by atoms with Gasteiger partial charge < -0.3 is 5.11 Å². The first kappa shape index (κ1) is 12.1. The highest BCUT2D eigenvalue weighted by Crippen LogP contribution is 2.32. The third-order valence-corrected chi connectivity index (χ3v) is 2.68. The van der Waals surface area contributed by atoms with Crippen LogP contribution < -0.4 is 0 Å². The summed E-state index contributed by atoms with van der Waals surface area (Å²) in [5.74, 6) is 0. The Morgan fingerprint density at radius 3 is 2.21 bits per heavy atom. The van der Waals surface area contributed by atoms with Crippen LogP contribution >= 0.6 is 34.8 Å². The molecule has 1 atom stereocenters. The van der Waals surface area contributed by atoms with Gasteiger partial charge in [-0.05, 0) is 18.4 Å². The number of rotatable bonds is 3. The number of aryl methyl sites for hydroxylation is 1. The standard InChI is InChI=1S/C10H11Cl3O/c11-10(12,13)9(14)7-6-8-4-2-1-3-5-8/h1-5,9,14H,6-7H2/t9-/m1/s1. The molecule has 0 fully saturated rings. The summed E-state index contributed by atoms with van der Waals surface area (Å²) >= 11 is 16.6. The van der Waals surface area contributed by atoms with E-state index >= 15 is 0 Å². The molecule has 0 aliphatic heterocycles. The monoisotopic (exact) mass is 252 g/mol. The van der Waals surface area contributed by atoms with Gasteiger partial charge in [0.1, 0.15) is 6.10 Å². The number of hydrogen-bond acceptors (Lipinski definition) is 1. The molecular weight excluding hydrogens is 242 g/mol. The van der Waals surface area contributed by atoms with Gasteiger partial charge in [0.2, 0.25) is 3.79 Å². The highest BCUT2D eigenvalue weighted by Gasteiger charge is 2.29. The molecule has 1 aromatic carbocycles. The molecular formula is C10H11Cl3O. The summed E-state index contributed by atoms with van der Waals surface area (Å²) in [6, 6.07) is 9.78. The van der Waals surface area contributed by atoms with Crippen molar-refractivity contribution in [3.8, 4) is 0 Å². The minimum absolute atomic E-state index is 0.445. The first-order chi connectivity index (χ1) is 6.50. The maximum absolute atomic E-state index is 9.45. The summed E-state index contributed by atoms with van der Waals surface area (Å²) in [5, 5.41) is 9.45. The van der Waals surface area contributed by atoms with Gasteiger partial charge in [-0.25, -0.2) is 0 Å². The van der Waals surface area contributed by atoms with E-state index in [0.29, 0.717) is 12.8 Å². The van der Waals surface area contributed by atoms with E-state index in [1.807, 2.05) is 30.3 Å². The molecule has 1 rings (SSSR count). The first-order valence-corrected chi connectivity index (χ1v) is 5.42. The van der Waals surface area contributed by atoms with Crippen molar-refractivity contribution < 1.29 is 5.11 Å². The fourth-order valence-corrected chi connectivity index (χ4v) is 1.44. The lowest BCUT2D eigenvalue weighted by atomic mass is 10.1. The van der Waals surface area contributed by atoms with Crippen LogP contribution in [0.4, 0.5) is 0 Å². The van der Waals surface area contributed by atoms with E-state index in [0.717, 1.165) is 5.56 Å². The maximum Gasteiger partial charge on any atom is 0.216 e. The van der Waals surface area contributed by atoms with Crippen LogP contribution in [-0.2, 0) is 6.42 Å². The van der Waals surface area contributed by atoms with Gasteiger partial charge in [0.05, 0.1) is 0 Å². The van der Waals surface area contributed by atoms with Gasteiger partial charge in [0.25, 0.3) is 0 Å². The maximum atomic E-state index is 9.45. The molecule has 0 spiro atoms. The van der Waals surface area contributed by atoms with Gasteiger partial charge in [0.15, 0.2) is 0 Å². The van der Waals surface area contributed by atoms with Gasteiger partial charge in [0, 0.05) is 0 Å². The molecule has 0 heterocycles. The Morgan fingerprint density at radius 2 is 1.71 bits per heavy atom. The molecule has 1 aromatic rings. The summed E-state index contributed by atoms with van der Waals surface area (Å²) in [4.78, 5) is 0. The second-order valence-corrected chi connectivity index (χ2v) is 5.45. The van der Waals surface area contributed by atoms with E-state index < -0.39 is 9.90 Å². The lowest BCUT2D eigenvalue weighted by Gasteiger charge is -2.18. The van der Waals surface area contributed by atoms with Crippen LogP contribution in [0.25, 0.3) is 0 Å². The number of benzene rings is 1. The third kappa shape index (κ3) is 4.05. The number of hydrogen-bond donors (Lipinski definition) is 1. The average molecular weight is 254 g/mol. The van der Waals surface area contributed by atoms with Crippen molar-refractivity contribution in [2.75, 3.05) is 0 Å². The van der Waals surface area contributed by atoms with Crippen LogP contribution in [0.1, 0.15) is 12.0 Å². The van der Waals surface area contributed by atoms with Gasteiger partial charge in [-0.3, -0.25) is 0 Å². The van der Waals surface area contributed by atoms with Crippen molar-refractivity contribution in [3.05, 3.63) is 35.9 Å². The Bertz CT molecular complexity index is 268. The smallest absolute Gasteiger partial charge is 0.216 e. The Labute approximate surface area is 98.6 Å². The van der Waals surface area contributed by atoms with Crippen LogP contribution in [0, 0.1) is 0 Å². The van der Waals surface area contributed by atoms with Gasteiger partial charge in [-0.2, -0.15) is 0 Å². The van der Waals surface area contributed by atoms with E-state index in [9.17, 15) is 5.11 Å². The van der Waals surface area contributed by atoms with Crippen LogP contribution in [-0.4, -0.2) is 15.0 Å². The quantitative estimate of drug-likeness (QED) is 0.819. The predicted octanol–water partition coefficient (Wildman–Crippen LogP) is 3.35. The summed E-state index contributed by atoms with van der Waals surface area (Å²) < 4.78 is -1.59. The Hall–Kier alpha value is 0.0500. The summed E-state index contributed by atoms with van der Waals surface area (Å²) in [5.41, 5.74) is 1.13. The lowest BCUT2D eigenvalue weighted by molar-refractivity contribution is 0.169. The predicted molar refractivity (Wildman–Crippen MR) is 61.1 cm³/mol. The molecule has 1 N–H and O–H groups in total. The largest absolute Gasteiger partial charge is 0.389 e. The molecule has 0 bridgehead atoms. The lowest BCUT2D eigenvalue weighted by Crippen LogP contribution is -2.25. The molecule has 14 heavy (non-hydrogen) atoms. The fourth-order valence-electron chi connectivity index (χ4n) is 1.11. The van der Waals surface area contributed by atoms with Crippen LogP contribution in [0.3, 0.4) is 0 Å². The molecule has 1 nitrogen and oxygen atoms in total. The van der Waals surface area contributed by atoms with Crippen LogP contribution in [0.5, 0.6) is 0 Å². The van der Waals surface area contributed by atoms with E-state index in [2.05, 4.69) is 0 Å². The summed E-state index contributed by atoms with van der Waals surface area (Å²) in [6.45, 7) is 0. The van der Waals surface area contributed by atoms with Gasteiger partial charge >= 0.3 is 0 Å². The molecule has 0 amide bonds. The Kier molecular flexibility index (Phi) is 4.52. The molecule has 4 heteroatoms. The average Bonchev–Trinajstić information content (AvgIpc) is 2.14. The summed E-state index contributed by atoms with van der Waals surface area (Å²) in [6.07, 6.45) is 0.226. The molecule has 0 saturated heterocycles. The summed E-state index contributed by atoms with van der Waals surface area (Å²) in [7, 11) is 0. The minimum atomic E-state index is -1.59. The fraction of sp³-hybridized carbons (Fsp3) is 0.400. The zero-order valence-corrected chi connectivity index (χ0v) is 9.73. The van der Waals surface area contributed by atoms with Crippen LogP contribution in [0.2, 0.25) is 0 Å². The van der Waals surface area contributed by atoms with Gasteiger partial charge in [-0.15, -0.1) is 0 Å². The first-order valence-electron chi connectivity index (χ1n) is 4.29. The number of alkyl halides is 3. The van der Waals surface area contributed by atoms with E-state index in [1.165, 1.54) is 0 Å². The van der Waals surface area contributed by atoms with Crippen molar-refractivity contribution in [3.63, 3.8) is 0 Å². The van der Waals surface area contributed by atoms with Crippen molar-refractivity contribution in [2.24, 2.45) is 0 Å². The van der Waals surface area contributed by atoms with Crippen molar-refractivity contribution in [1.29, 1.82) is 0 Å². The Morgan fingerprint density at radius 1 is 1.14 bits per heavy atom. The highest BCUT2D eigenvalue weighted by molar-refractivity contribution is 6.68. The molecule has 0 unspecified atom stereocenters. The number of halogens is 3. The molecule has 0 radical (unpaired) electrons. The van der Waals surface area contributed by atoms with Crippen LogP contribution in [0.15, 0.2) is 30.3 Å². The van der Waals surface area contributed by atoms with E-state index in [-0.39, 0.29) is 0 Å². The second-order valence-electron chi connectivity index (χ2n) is 3.08. The van der Waals surface area contributed by atoms with Crippen molar-refractivity contribution >= 4 is 34.8 Å². The molecule has 0 aliphatic carbocycles. The number of aliphatic hydroxyl groups is 1. The SMILES string of the molecule is O[C@H](CCc1ccccc1)C(Cl)(Cl)Cl.